The number of hydrogen-bond donors (Lipinski definition) is 1. The van der Waals surface area contributed by atoms with Crippen molar-refractivity contribution < 1.29 is 4.21 Å². The van der Waals surface area contributed by atoms with Gasteiger partial charge in [0, 0.05) is 10.2 Å². The molecule has 0 spiro atoms. The molecule has 1 unspecified atom stereocenters. The van der Waals surface area contributed by atoms with Crippen LogP contribution in [0.25, 0.3) is 0 Å². The summed E-state index contributed by atoms with van der Waals surface area (Å²) >= 11 is 9.39. The van der Waals surface area contributed by atoms with E-state index in [4.69, 9.17) is 17.3 Å². The Morgan fingerprint density at radius 1 is 1.22 bits per heavy atom. The summed E-state index contributed by atoms with van der Waals surface area (Å²) in [6.45, 7) is 0. The first-order valence-electron chi connectivity index (χ1n) is 5.24. The lowest BCUT2D eigenvalue weighted by atomic mass is 10.2. The van der Waals surface area contributed by atoms with Crippen LogP contribution in [0.2, 0.25) is 5.02 Å². The summed E-state index contributed by atoms with van der Waals surface area (Å²) in [5.74, 6) is 0.396. The van der Waals surface area contributed by atoms with Gasteiger partial charge in [0.1, 0.15) is 0 Å². The van der Waals surface area contributed by atoms with E-state index in [9.17, 15) is 4.21 Å². The van der Waals surface area contributed by atoms with E-state index in [1.807, 2.05) is 30.3 Å². The van der Waals surface area contributed by atoms with Crippen LogP contribution in [0, 0.1) is 0 Å². The lowest BCUT2D eigenvalue weighted by molar-refractivity contribution is 0.682. The zero-order chi connectivity index (χ0) is 13.1. The molecule has 5 heteroatoms. The largest absolute Gasteiger partial charge is 0.399 e. The fraction of sp³-hybridized carbons (Fsp3) is 0.0769. The van der Waals surface area contributed by atoms with Gasteiger partial charge >= 0.3 is 0 Å². The van der Waals surface area contributed by atoms with Crippen LogP contribution in [0.3, 0.4) is 0 Å². The first-order valence-corrected chi connectivity index (χ1v) is 7.73. The maximum atomic E-state index is 12.2. The van der Waals surface area contributed by atoms with Crippen molar-refractivity contribution in [3.05, 3.63) is 57.5 Å². The average molecular weight is 345 g/mol. The number of nitrogen functional groups attached to an aromatic ring is 1. The van der Waals surface area contributed by atoms with Gasteiger partial charge in [-0.05, 0) is 35.9 Å². The Kier molecular flexibility index (Phi) is 4.43. The van der Waals surface area contributed by atoms with Gasteiger partial charge < -0.3 is 5.73 Å². The quantitative estimate of drug-likeness (QED) is 0.855. The molecule has 0 saturated heterocycles. The molecule has 0 fully saturated rings. The van der Waals surface area contributed by atoms with Crippen LogP contribution in [0.1, 0.15) is 5.56 Å². The molecule has 0 heterocycles. The topological polar surface area (TPSA) is 43.1 Å². The normalized spacial score (nSPS) is 12.3. The minimum atomic E-state index is -1.17. The molecule has 0 aliphatic heterocycles. The summed E-state index contributed by atoms with van der Waals surface area (Å²) in [4.78, 5) is 0.651. The Morgan fingerprint density at radius 2 is 1.94 bits per heavy atom. The van der Waals surface area contributed by atoms with E-state index in [0.717, 1.165) is 10.0 Å². The predicted molar refractivity (Wildman–Crippen MR) is 80.1 cm³/mol. The van der Waals surface area contributed by atoms with Crippen molar-refractivity contribution in [1.29, 1.82) is 0 Å². The highest BCUT2D eigenvalue weighted by Crippen LogP contribution is 2.23. The zero-order valence-corrected chi connectivity index (χ0v) is 12.6. The molecule has 2 nitrogen and oxygen atoms in total. The minimum absolute atomic E-state index is 0.396. The summed E-state index contributed by atoms with van der Waals surface area (Å²) in [6, 6.07) is 12.7. The summed E-state index contributed by atoms with van der Waals surface area (Å²) in [5.41, 5.74) is 7.31. The number of benzene rings is 2. The molecule has 18 heavy (non-hydrogen) atoms. The van der Waals surface area contributed by atoms with Crippen LogP contribution in [-0.4, -0.2) is 4.21 Å². The molecule has 2 rings (SSSR count). The van der Waals surface area contributed by atoms with Crippen LogP contribution in [0.5, 0.6) is 0 Å². The molecule has 0 radical (unpaired) electrons. The van der Waals surface area contributed by atoms with Gasteiger partial charge in [0.2, 0.25) is 0 Å². The van der Waals surface area contributed by atoms with Gasteiger partial charge in [-0.2, -0.15) is 0 Å². The highest BCUT2D eigenvalue weighted by molar-refractivity contribution is 9.10. The van der Waals surface area contributed by atoms with Crippen molar-refractivity contribution in [3.8, 4) is 0 Å². The Morgan fingerprint density at radius 3 is 2.61 bits per heavy atom. The molecular weight excluding hydrogens is 334 g/mol. The monoisotopic (exact) mass is 343 g/mol. The Bertz CT molecular complexity index is 583. The van der Waals surface area contributed by atoms with E-state index >= 15 is 0 Å². The second kappa shape index (κ2) is 5.87. The van der Waals surface area contributed by atoms with Crippen molar-refractivity contribution >= 4 is 44.0 Å². The number of hydrogen-bond acceptors (Lipinski definition) is 2. The standard InChI is InChI=1S/C13H11BrClNOS/c14-10-5-9(6-11(16)7-10)8-18(17)13-4-2-1-3-12(13)15/h1-7H,8,16H2. The third-order valence-electron chi connectivity index (χ3n) is 2.36. The average Bonchev–Trinajstić information content (AvgIpc) is 2.27. The van der Waals surface area contributed by atoms with E-state index in [0.29, 0.717) is 21.4 Å². The van der Waals surface area contributed by atoms with Crippen molar-refractivity contribution in [2.75, 3.05) is 5.73 Å². The summed E-state index contributed by atoms with van der Waals surface area (Å²) in [7, 11) is -1.17. The lowest BCUT2D eigenvalue weighted by Gasteiger charge is -2.06. The number of nitrogens with two attached hydrogens (primary N) is 1. The van der Waals surface area contributed by atoms with Gasteiger partial charge in [-0.3, -0.25) is 4.21 Å². The van der Waals surface area contributed by atoms with Gasteiger partial charge in [0.25, 0.3) is 0 Å². The van der Waals surface area contributed by atoms with E-state index in [2.05, 4.69) is 15.9 Å². The summed E-state index contributed by atoms with van der Waals surface area (Å²) in [5, 5.41) is 0.527. The van der Waals surface area contributed by atoms with Gasteiger partial charge in [0.15, 0.2) is 0 Å². The molecule has 0 aliphatic carbocycles. The fourth-order valence-electron chi connectivity index (χ4n) is 1.62. The molecule has 0 aromatic heterocycles. The third kappa shape index (κ3) is 3.34. The summed E-state index contributed by atoms with van der Waals surface area (Å²) in [6.07, 6.45) is 0. The zero-order valence-electron chi connectivity index (χ0n) is 9.40. The molecule has 94 valence electrons. The first kappa shape index (κ1) is 13.6. The van der Waals surface area contributed by atoms with Crippen molar-refractivity contribution in [3.63, 3.8) is 0 Å². The van der Waals surface area contributed by atoms with Crippen LogP contribution >= 0.6 is 27.5 Å². The van der Waals surface area contributed by atoms with Gasteiger partial charge in [-0.25, -0.2) is 0 Å². The smallest absolute Gasteiger partial charge is 0.0589 e. The Balaban J connectivity index is 2.24. The number of anilines is 1. The van der Waals surface area contributed by atoms with Gasteiger partial charge in [0.05, 0.1) is 26.5 Å². The molecular formula is C13H11BrClNOS. The second-order valence-electron chi connectivity index (χ2n) is 3.81. The summed E-state index contributed by atoms with van der Waals surface area (Å²) < 4.78 is 13.1. The van der Waals surface area contributed by atoms with E-state index in [-0.39, 0.29) is 0 Å². The molecule has 1 atom stereocenters. The Hall–Kier alpha value is -0.840. The molecule has 2 aromatic rings. The first-order chi connectivity index (χ1) is 8.56. The predicted octanol–water partition coefficient (Wildman–Crippen LogP) is 3.99. The van der Waals surface area contributed by atoms with Gasteiger partial charge in [-0.15, -0.1) is 0 Å². The molecule has 0 bridgehead atoms. The van der Waals surface area contributed by atoms with E-state index in [1.165, 1.54) is 0 Å². The molecule has 0 amide bonds. The van der Waals surface area contributed by atoms with Gasteiger partial charge in [-0.1, -0.05) is 39.7 Å². The van der Waals surface area contributed by atoms with E-state index in [1.54, 1.807) is 12.1 Å². The molecule has 2 aromatic carbocycles. The highest BCUT2D eigenvalue weighted by atomic mass is 79.9. The van der Waals surface area contributed by atoms with Crippen LogP contribution in [-0.2, 0) is 16.6 Å². The highest BCUT2D eigenvalue weighted by Gasteiger charge is 2.09. The lowest BCUT2D eigenvalue weighted by Crippen LogP contribution is -1.98. The van der Waals surface area contributed by atoms with Crippen LogP contribution < -0.4 is 5.73 Å². The second-order valence-corrected chi connectivity index (χ2v) is 6.56. The maximum Gasteiger partial charge on any atom is 0.0589 e. The third-order valence-corrected chi connectivity index (χ3v) is 4.70. The van der Waals surface area contributed by atoms with Crippen molar-refractivity contribution in [1.82, 2.24) is 0 Å². The Labute approximate surface area is 122 Å². The van der Waals surface area contributed by atoms with Crippen LogP contribution in [0.4, 0.5) is 5.69 Å². The molecule has 0 aliphatic rings. The SMILES string of the molecule is Nc1cc(Br)cc(CS(=O)c2ccccc2Cl)c1. The molecule has 0 saturated carbocycles. The van der Waals surface area contributed by atoms with E-state index < -0.39 is 10.8 Å². The fourth-order valence-corrected chi connectivity index (χ4v) is 3.71. The molecule has 2 N–H and O–H groups in total. The maximum absolute atomic E-state index is 12.2. The minimum Gasteiger partial charge on any atom is -0.399 e. The van der Waals surface area contributed by atoms with Crippen molar-refractivity contribution in [2.24, 2.45) is 0 Å². The number of halogens is 2. The van der Waals surface area contributed by atoms with Crippen molar-refractivity contribution in [2.45, 2.75) is 10.6 Å². The van der Waals surface area contributed by atoms with Crippen LogP contribution in [0.15, 0.2) is 51.8 Å². The number of rotatable bonds is 3.